The van der Waals surface area contributed by atoms with Gasteiger partial charge in [0.15, 0.2) is 16.7 Å². The minimum absolute atomic E-state index is 0.0509. The molecular weight excluding hydrogens is 488 g/mol. The number of aromatic nitrogens is 1. The molecule has 0 fully saturated rings. The van der Waals surface area contributed by atoms with Gasteiger partial charge in [-0.2, -0.15) is 0 Å². The number of aliphatic hydroxyl groups excluding tert-OH is 1. The summed E-state index contributed by atoms with van der Waals surface area (Å²) >= 11 is 0.975. The first-order chi connectivity index (χ1) is 16.6. The zero-order chi connectivity index (χ0) is 25.5. The van der Waals surface area contributed by atoms with Crippen LogP contribution in [0.3, 0.4) is 0 Å². The van der Waals surface area contributed by atoms with Crippen LogP contribution in [0.2, 0.25) is 0 Å². The van der Waals surface area contributed by atoms with Gasteiger partial charge in [-0.25, -0.2) is 13.4 Å². The number of ketones is 1. The van der Waals surface area contributed by atoms with Gasteiger partial charge in [-0.15, -0.1) is 0 Å². The predicted molar refractivity (Wildman–Crippen MR) is 133 cm³/mol. The zero-order valence-corrected chi connectivity index (χ0v) is 21.2. The molecule has 0 bridgehead atoms. The molecule has 0 saturated carbocycles. The third-order valence-corrected chi connectivity index (χ3v) is 8.72. The molecule has 0 aliphatic carbocycles. The second-order valence-electron chi connectivity index (χ2n) is 8.08. The van der Waals surface area contributed by atoms with Crippen LogP contribution in [0.15, 0.2) is 64.1 Å². The molecule has 0 saturated heterocycles. The fourth-order valence-corrected chi connectivity index (χ4v) is 6.57. The fourth-order valence-electron chi connectivity index (χ4n) is 3.95. The van der Waals surface area contributed by atoms with E-state index < -0.39 is 32.5 Å². The third-order valence-electron chi connectivity index (χ3n) is 5.58. The van der Waals surface area contributed by atoms with Crippen LogP contribution in [0, 0.1) is 13.8 Å². The number of amides is 1. The normalized spacial score (nSPS) is 16.2. The zero-order valence-electron chi connectivity index (χ0n) is 19.6. The van der Waals surface area contributed by atoms with Crippen LogP contribution in [-0.4, -0.2) is 36.8 Å². The molecule has 1 aliphatic heterocycles. The number of ether oxygens (including phenoxy) is 1. The SMILES string of the molecule is CCOc1cccc([C@H]2C(S(=O)(=O)c3ccc(C)cc3)=C(O)C(=O)N2c2nc(C)c(C(C)=O)s2)c1. The van der Waals surface area contributed by atoms with Crippen molar-refractivity contribution in [3.63, 3.8) is 0 Å². The number of aliphatic hydroxyl groups is 1. The lowest BCUT2D eigenvalue weighted by molar-refractivity contribution is -0.117. The van der Waals surface area contributed by atoms with Gasteiger partial charge in [-0.05, 0) is 50.6 Å². The molecule has 1 atom stereocenters. The summed E-state index contributed by atoms with van der Waals surface area (Å²) in [6.07, 6.45) is 0. The highest BCUT2D eigenvalue weighted by atomic mass is 32.2. The highest BCUT2D eigenvalue weighted by molar-refractivity contribution is 7.95. The van der Waals surface area contributed by atoms with Crippen LogP contribution in [0.4, 0.5) is 5.13 Å². The number of aryl methyl sites for hydroxylation is 2. The van der Waals surface area contributed by atoms with Gasteiger partial charge in [0.05, 0.1) is 22.1 Å². The number of sulfone groups is 1. The molecule has 10 heteroatoms. The van der Waals surface area contributed by atoms with Crippen molar-refractivity contribution in [3.05, 3.63) is 80.9 Å². The van der Waals surface area contributed by atoms with Crippen molar-refractivity contribution < 1.29 is 27.9 Å². The van der Waals surface area contributed by atoms with Crippen molar-refractivity contribution in [2.45, 2.75) is 38.6 Å². The monoisotopic (exact) mass is 512 g/mol. The van der Waals surface area contributed by atoms with Crippen molar-refractivity contribution >= 4 is 38.0 Å². The number of nitrogens with zero attached hydrogens (tertiary/aromatic N) is 2. The lowest BCUT2D eigenvalue weighted by Gasteiger charge is -2.25. The summed E-state index contributed by atoms with van der Waals surface area (Å²) in [7, 11) is -4.28. The Balaban J connectivity index is 1.95. The predicted octanol–water partition coefficient (Wildman–Crippen LogP) is 4.69. The van der Waals surface area contributed by atoms with E-state index in [1.165, 1.54) is 19.1 Å². The van der Waals surface area contributed by atoms with E-state index in [1.807, 2.05) is 13.8 Å². The van der Waals surface area contributed by atoms with Crippen molar-refractivity contribution in [2.24, 2.45) is 0 Å². The number of benzene rings is 2. The van der Waals surface area contributed by atoms with Gasteiger partial charge in [0.25, 0.3) is 5.91 Å². The van der Waals surface area contributed by atoms with Crippen LogP contribution >= 0.6 is 11.3 Å². The van der Waals surface area contributed by atoms with E-state index in [2.05, 4.69) is 4.98 Å². The number of rotatable bonds is 7. The van der Waals surface area contributed by atoms with E-state index in [0.29, 0.717) is 28.5 Å². The number of thiazole rings is 1. The lowest BCUT2D eigenvalue weighted by Crippen LogP contribution is -2.31. The van der Waals surface area contributed by atoms with E-state index in [-0.39, 0.29) is 15.8 Å². The van der Waals surface area contributed by atoms with Crippen LogP contribution in [0.25, 0.3) is 0 Å². The van der Waals surface area contributed by atoms with Gasteiger partial charge in [0.2, 0.25) is 9.84 Å². The summed E-state index contributed by atoms with van der Waals surface area (Å²) in [5.41, 5.74) is 1.69. The molecular formula is C25H24N2O6S2. The average molecular weight is 513 g/mol. The number of hydrogen-bond acceptors (Lipinski definition) is 8. The maximum atomic E-state index is 13.8. The Morgan fingerprint density at radius 2 is 1.86 bits per heavy atom. The van der Waals surface area contributed by atoms with Gasteiger partial charge in [-0.3, -0.25) is 14.5 Å². The summed E-state index contributed by atoms with van der Waals surface area (Å²) in [6.45, 7) is 7.06. The Morgan fingerprint density at radius 3 is 2.46 bits per heavy atom. The van der Waals surface area contributed by atoms with Crippen molar-refractivity contribution in [1.29, 1.82) is 0 Å². The summed E-state index contributed by atoms with van der Waals surface area (Å²) in [6, 6.07) is 11.6. The summed E-state index contributed by atoms with van der Waals surface area (Å²) < 4.78 is 33.1. The van der Waals surface area contributed by atoms with Crippen LogP contribution in [0.1, 0.15) is 46.4 Å². The van der Waals surface area contributed by atoms with Gasteiger partial charge in [0, 0.05) is 6.92 Å². The van der Waals surface area contributed by atoms with Crippen molar-refractivity contribution in [3.8, 4) is 5.75 Å². The highest BCUT2D eigenvalue weighted by Gasteiger charge is 2.49. The molecule has 2 heterocycles. The number of anilines is 1. The first kappa shape index (κ1) is 24.6. The van der Waals surface area contributed by atoms with E-state index in [9.17, 15) is 23.1 Å². The van der Waals surface area contributed by atoms with Crippen LogP contribution in [-0.2, 0) is 14.6 Å². The number of Topliss-reactive ketones (excluding diaryl/α,β-unsaturated/α-hetero) is 1. The fraction of sp³-hybridized carbons (Fsp3) is 0.240. The number of carbonyl (C=O) groups excluding carboxylic acids is 2. The molecule has 0 spiro atoms. The van der Waals surface area contributed by atoms with Crippen molar-refractivity contribution in [2.75, 3.05) is 11.5 Å². The Labute approximate surface area is 207 Å². The van der Waals surface area contributed by atoms with Gasteiger partial charge < -0.3 is 9.84 Å². The van der Waals surface area contributed by atoms with E-state index in [1.54, 1.807) is 43.3 Å². The summed E-state index contributed by atoms with van der Waals surface area (Å²) in [5, 5.41) is 11.0. The van der Waals surface area contributed by atoms with E-state index in [0.717, 1.165) is 21.8 Å². The Bertz CT molecular complexity index is 1460. The number of hydrogen-bond donors (Lipinski definition) is 1. The van der Waals surface area contributed by atoms with E-state index in [4.69, 9.17) is 4.74 Å². The minimum atomic E-state index is -4.28. The lowest BCUT2D eigenvalue weighted by atomic mass is 10.1. The van der Waals surface area contributed by atoms with Crippen molar-refractivity contribution in [1.82, 2.24) is 4.98 Å². The Morgan fingerprint density at radius 1 is 1.17 bits per heavy atom. The van der Waals surface area contributed by atoms with Crippen LogP contribution < -0.4 is 9.64 Å². The summed E-state index contributed by atoms with van der Waals surface area (Å²) in [5.74, 6) is -1.53. The summed E-state index contributed by atoms with van der Waals surface area (Å²) in [4.78, 5) is 30.7. The molecule has 0 unspecified atom stereocenters. The Kier molecular flexibility index (Phi) is 6.52. The maximum absolute atomic E-state index is 13.8. The molecule has 1 amide bonds. The molecule has 1 aliphatic rings. The highest BCUT2D eigenvalue weighted by Crippen LogP contribution is 2.46. The maximum Gasteiger partial charge on any atom is 0.296 e. The molecule has 182 valence electrons. The molecule has 8 nitrogen and oxygen atoms in total. The van der Waals surface area contributed by atoms with Gasteiger partial charge >= 0.3 is 0 Å². The molecule has 3 aromatic rings. The molecule has 1 N–H and O–H groups in total. The second kappa shape index (κ2) is 9.27. The average Bonchev–Trinajstić information content (AvgIpc) is 3.32. The first-order valence-corrected chi connectivity index (χ1v) is 13.2. The first-order valence-electron chi connectivity index (χ1n) is 10.9. The van der Waals surface area contributed by atoms with Gasteiger partial charge in [0.1, 0.15) is 16.7 Å². The number of carbonyl (C=O) groups is 2. The molecule has 4 rings (SSSR count). The standard InChI is InChI=1S/C25H24N2O6S2/c1-5-33-18-8-6-7-17(13-18)20-23(35(31,32)19-11-9-14(2)10-12-19)21(29)24(30)27(20)25-26-15(3)22(34-25)16(4)28/h6-13,20,29H,5H2,1-4H3/t20-/m0/s1. The Hall–Kier alpha value is -3.50. The van der Waals surface area contributed by atoms with Gasteiger partial charge in [-0.1, -0.05) is 41.2 Å². The second-order valence-corrected chi connectivity index (χ2v) is 11.0. The molecule has 2 aromatic carbocycles. The smallest absolute Gasteiger partial charge is 0.296 e. The largest absolute Gasteiger partial charge is 0.502 e. The van der Waals surface area contributed by atoms with Crippen LogP contribution in [0.5, 0.6) is 5.75 Å². The minimum Gasteiger partial charge on any atom is -0.502 e. The molecule has 1 aromatic heterocycles. The quantitative estimate of drug-likeness (QED) is 0.457. The third kappa shape index (κ3) is 4.35. The molecule has 35 heavy (non-hydrogen) atoms. The molecule has 0 radical (unpaired) electrons. The topological polar surface area (TPSA) is 114 Å². The van der Waals surface area contributed by atoms with E-state index >= 15 is 0 Å².